The molecule has 0 amide bonds. The number of hydrogen-bond acceptors (Lipinski definition) is 0. The molecule has 56 valence electrons. The summed E-state index contributed by atoms with van der Waals surface area (Å²) in [6, 6.07) is 0. The molecule has 0 aliphatic carbocycles. The van der Waals surface area contributed by atoms with Crippen LogP contribution in [0.3, 0.4) is 0 Å². The molecule has 6 heteroatoms. The van der Waals surface area contributed by atoms with Gasteiger partial charge in [-0.25, -0.2) is 0 Å². The molecule has 8 heavy (non-hydrogen) atoms. The van der Waals surface area contributed by atoms with E-state index >= 15 is 0 Å². The molecule has 0 nitrogen and oxygen atoms in total. The summed E-state index contributed by atoms with van der Waals surface area (Å²) < 4.78 is 0. The second-order valence-electron chi connectivity index (χ2n) is 0.202. The van der Waals surface area contributed by atoms with E-state index in [4.69, 9.17) is 46.4 Å². The van der Waals surface area contributed by atoms with Gasteiger partial charge in [0, 0.05) is 0 Å². The lowest BCUT2D eigenvalue weighted by molar-refractivity contribution is 1.11. The molecule has 0 radical (unpaired) electrons. The Kier molecular flexibility index (Phi) is 125. The van der Waals surface area contributed by atoms with Crippen LogP contribution in [0, 0.1) is 0 Å². The molecule has 0 fully saturated rings. The van der Waals surface area contributed by atoms with Gasteiger partial charge in [-0.1, -0.05) is 0 Å². The van der Waals surface area contributed by atoms with Crippen molar-refractivity contribution >= 4 is 46.4 Å². The SMILES string of the molecule is ClCCl.ClCCl.F.F. The van der Waals surface area contributed by atoms with Crippen LogP contribution >= 0.6 is 46.4 Å². The molecule has 0 unspecified atom stereocenters. The van der Waals surface area contributed by atoms with Gasteiger partial charge in [0.15, 0.2) is 0 Å². The summed E-state index contributed by atoms with van der Waals surface area (Å²) in [7, 11) is 0. The first-order valence-corrected chi connectivity index (χ1v) is 3.21. The van der Waals surface area contributed by atoms with Gasteiger partial charge in [-0.05, 0) is 0 Å². The van der Waals surface area contributed by atoms with Crippen LogP contribution in [0.1, 0.15) is 0 Å². The zero-order valence-corrected chi connectivity index (χ0v) is 6.77. The fourth-order valence-electron chi connectivity index (χ4n) is 0. The highest BCUT2D eigenvalue weighted by atomic mass is 35.5. The van der Waals surface area contributed by atoms with E-state index in [1.165, 1.54) is 0 Å². The first-order chi connectivity index (χ1) is 2.83. The third-order valence-corrected chi connectivity index (χ3v) is 0. The highest BCUT2D eigenvalue weighted by Crippen LogP contribution is 1.73. The van der Waals surface area contributed by atoms with Gasteiger partial charge in [0.1, 0.15) is 0 Å². The predicted molar refractivity (Wildman–Crippen MR) is 38.2 cm³/mol. The van der Waals surface area contributed by atoms with Crippen LogP contribution in [0.4, 0.5) is 9.41 Å². The predicted octanol–water partition coefficient (Wildman–Crippen LogP) is 3.15. The third-order valence-electron chi connectivity index (χ3n) is 0. The molecule has 0 bridgehead atoms. The smallest absolute Gasteiger partial charge is 0.0967 e. The van der Waals surface area contributed by atoms with E-state index in [2.05, 4.69) is 0 Å². The van der Waals surface area contributed by atoms with Crippen LogP contribution in [0.25, 0.3) is 0 Å². The van der Waals surface area contributed by atoms with E-state index in [0.717, 1.165) is 0 Å². The topological polar surface area (TPSA) is 0 Å². The van der Waals surface area contributed by atoms with E-state index in [9.17, 15) is 0 Å². The Labute approximate surface area is 66.8 Å². The van der Waals surface area contributed by atoms with Crippen molar-refractivity contribution < 1.29 is 9.41 Å². The Morgan fingerprint density at radius 1 is 0.625 bits per heavy atom. The largest absolute Gasteiger partial charge is 0.269 e. The van der Waals surface area contributed by atoms with Crippen LogP contribution in [-0.2, 0) is 0 Å². The Morgan fingerprint density at radius 2 is 0.625 bits per heavy atom. The third kappa shape index (κ3) is 245. The molecule has 0 aliphatic rings. The highest BCUT2D eigenvalue weighted by Gasteiger charge is 1.42. The molecule has 0 N–H and O–H groups in total. The van der Waals surface area contributed by atoms with Gasteiger partial charge in [0.05, 0.1) is 10.7 Å². The average Bonchev–Trinajstić information content (AvgIpc) is 1.39. The standard InChI is InChI=1S/2CH2Cl2.2FH/c2*2-1-3;;/h2*1H2;2*1H. The first-order valence-electron chi connectivity index (χ1n) is 1.07. The molecule has 0 rings (SSSR count). The Morgan fingerprint density at radius 3 is 0.625 bits per heavy atom. The summed E-state index contributed by atoms with van der Waals surface area (Å²) in [5.41, 5.74) is 0. The summed E-state index contributed by atoms with van der Waals surface area (Å²) in [6.45, 7) is 0. The number of rotatable bonds is 0. The summed E-state index contributed by atoms with van der Waals surface area (Å²) in [5.74, 6) is 0. The van der Waals surface area contributed by atoms with Crippen LogP contribution in [-0.4, -0.2) is 10.7 Å². The molecule has 0 aromatic heterocycles. The Balaban J connectivity index is -0.0000000160. The van der Waals surface area contributed by atoms with Gasteiger partial charge in [0.25, 0.3) is 0 Å². The van der Waals surface area contributed by atoms with Gasteiger partial charge < -0.3 is 0 Å². The molecule has 0 aromatic rings. The molecule has 0 heterocycles. The lowest BCUT2D eigenvalue weighted by Gasteiger charge is -1.42. The number of hydrogen-bond donors (Lipinski definition) is 0. The molecule has 0 saturated heterocycles. The lowest BCUT2D eigenvalue weighted by atomic mass is 11.9. The minimum Gasteiger partial charge on any atom is -0.269 e. The fraction of sp³-hybridized carbons (Fsp3) is 1.00. The number of halogens is 6. The minimum atomic E-state index is 0. The van der Waals surface area contributed by atoms with Crippen molar-refractivity contribution in [3.05, 3.63) is 0 Å². The van der Waals surface area contributed by atoms with Crippen LogP contribution in [0.2, 0.25) is 0 Å². The van der Waals surface area contributed by atoms with Gasteiger partial charge in [-0.2, -0.15) is 0 Å². The maximum absolute atomic E-state index is 4.76. The number of alkyl halides is 4. The molecular weight excluding hydrogens is 204 g/mol. The van der Waals surface area contributed by atoms with Crippen molar-refractivity contribution in [2.75, 3.05) is 10.7 Å². The Hall–Kier alpha value is 1.02. The van der Waals surface area contributed by atoms with Gasteiger partial charge >= 0.3 is 0 Å². The maximum Gasteiger partial charge on any atom is 0.0967 e. The van der Waals surface area contributed by atoms with Crippen molar-refractivity contribution in [1.29, 1.82) is 0 Å². The zero-order valence-electron chi connectivity index (χ0n) is 3.74. The molecular formula is C2H6Cl4F2. The average molecular weight is 210 g/mol. The fourth-order valence-corrected chi connectivity index (χ4v) is 0. The Bertz CT molecular complexity index is 14.0. The first kappa shape index (κ1) is 23.0. The molecule has 0 aliphatic heterocycles. The van der Waals surface area contributed by atoms with Gasteiger partial charge in [-0.3, -0.25) is 9.41 Å². The summed E-state index contributed by atoms with van der Waals surface area (Å²) in [5, 5.41) is 0.389. The van der Waals surface area contributed by atoms with E-state index in [0.29, 0.717) is 0 Å². The highest BCUT2D eigenvalue weighted by molar-refractivity contribution is 6.40. The lowest BCUT2D eigenvalue weighted by Crippen LogP contribution is -1.24. The van der Waals surface area contributed by atoms with Crippen molar-refractivity contribution in [3.8, 4) is 0 Å². The second kappa shape index (κ2) is 43.3. The molecule has 0 saturated carbocycles. The summed E-state index contributed by atoms with van der Waals surface area (Å²) in [4.78, 5) is 0. The normalized spacial score (nSPS) is 4.50. The second-order valence-corrected chi connectivity index (χ2v) is 1.82. The monoisotopic (exact) mass is 208 g/mol. The minimum absolute atomic E-state index is 0. The molecule has 0 atom stereocenters. The van der Waals surface area contributed by atoms with Crippen LogP contribution in [0.15, 0.2) is 0 Å². The quantitative estimate of drug-likeness (QED) is 0.538. The van der Waals surface area contributed by atoms with Crippen molar-refractivity contribution in [1.82, 2.24) is 0 Å². The van der Waals surface area contributed by atoms with E-state index in [1.807, 2.05) is 0 Å². The van der Waals surface area contributed by atoms with Crippen molar-refractivity contribution in [2.24, 2.45) is 0 Å². The van der Waals surface area contributed by atoms with Gasteiger partial charge in [-0.15, -0.1) is 46.4 Å². The maximum atomic E-state index is 4.76. The van der Waals surface area contributed by atoms with Crippen LogP contribution in [0.5, 0.6) is 0 Å². The van der Waals surface area contributed by atoms with E-state index in [-0.39, 0.29) is 20.1 Å². The summed E-state index contributed by atoms with van der Waals surface area (Å²) >= 11 is 19.1. The van der Waals surface area contributed by atoms with Crippen molar-refractivity contribution in [3.63, 3.8) is 0 Å². The molecule has 0 spiro atoms. The van der Waals surface area contributed by atoms with E-state index in [1.54, 1.807) is 0 Å². The van der Waals surface area contributed by atoms with Gasteiger partial charge in [0.2, 0.25) is 0 Å². The van der Waals surface area contributed by atoms with Crippen LogP contribution < -0.4 is 0 Å². The van der Waals surface area contributed by atoms with E-state index < -0.39 is 0 Å². The van der Waals surface area contributed by atoms with Crippen molar-refractivity contribution in [2.45, 2.75) is 0 Å². The summed E-state index contributed by atoms with van der Waals surface area (Å²) in [6.07, 6.45) is 0. The molecule has 0 aromatic carbocycles. The zero-order chi connectivity index (χ0) is 5.41.